The lowest BCUT2D eigenvalue weighted by Crippen LogP contribution is -2.27. The van der Waals surface area contributed by atoms with Crippen molar-refractivity contribution in [2.24, 2.45) is 0 Å². The van der Waals surface area contributed by atoms with Crippen LogP contribution in [0.2, 0.25) is 0 Å². The standard InChI is InChI=1S/C14H18ClN3O/c1-4-16-12(19)8-18-11-7-5-6-9(2)13(11)17-14(18)10(3)15/h5-7,10H,4,8H2,1-3H3,(H,16,19). The SMILES string of the molecule is CCNC(=O)Cn1c(C(C)Cl)nc2c(C)cccc21. The summed E-state index contributed by atoms with van der Waals surface area (Å²) in [5.41, 5.74) is 2.95. The summed E-state index contributed by atoms with van der Waals surface area (Å²) in [6.45, 7) is 6.65. The van der Waals surface area contributed by atoms with E-state index in [2.05, 4.69) is 10.3 Å². The topological polar surface area (TPSA) is 46.9 Å². The molecule has 2 rings (SSSR count). The molecule has 1 atom stereocenters. The number of likely N-dealkylation sites (N-methyl/N-ethyl adjacent to an activating group) is 1. The maximum absolute atomic E-state index is 11.8. The third-order valence-corrected chi connectivity index (χ3v) is 3.24. The van der Waals surface area contributed by atoms with E-state index in [9.17, 15) is 4.79 Å². The van der Waals surface area contributed by atoms with Crippen molar-refractivity contribution in [3.05, 3.63) is 29.6 Å². The maximum atomic E-state index is 11.8. The number of rotatable bonds is 4. The zero-order valence-corrected chi connectivity index (χ0v) is 12.2. The molecule has 0 aliphatic heterocycles. The quantitative estimate of drug-likeness (QED) is 0.875. The van der Waals surface area contributed by atoms with Crippen molar-refractivity contribution in [3.8, 4) is 0 Å². The van der Waals surface area contributed by atoms with Crippen LogP contribution in [0, 0.1) is 6.92 Å². The van der Waals surface area contributed by atoms with Gasteiger partial charge in [0.25, 0.3) is 0 Å². The second-order valence-electron chi connectivity index (χ2n) is 4.57. The Labute approximate surface area is 117 Å². The van der Waals surface area contributed by atoms with Gasteiger partial charge in [-0.25, -0.2) is 4.98 Å². The first kappa shape index (κ1) is 13.9. The molecule has 0 saturated heterocycles. The lowest BCUT2D eigenvalue weighted by atomic mass is 10.2. The first-order chi connectivity index (χ1) is 9.04. The van der Waals surface area contributed by atoms with E-state index in [1.165, 1.54) is 0 Å². The summed E-state index contributed by atoms with van der Waals surface area (Å²) in [5.74, 6) is 0.707. The van der Waals surface area contributed by atoms with Gasteiger partial charge in [0, 0.05) is 6.54 Å². The van der Waals surface area contributed by atoms with E-state index in [0.717, 1.165) is 22.4 Å². The number of carbonyl (C=O) groups excluding carboxylic acids is 1. The fourth-order valence-electron chi connectivity index (χ4n) is 2.17. The van der Waals surface area contributed by atoms with Crippen molar-refractivity contribution < 1.29 is 4.79 Å². The van der Waals surface area contributed by atoms with Gasteiger partial charge in [0.1, 0.15) is 12.4 Å². The van der Waals surface area contributed by atoms with Crippen molar-refractivity contribution in [2.45, 2.75) is 32.7 Å². The molecule has 4 nitrogen and oxygen atoms in total. The highest BCUT2D eigenvalue weighted by Gasteiger charge is 2.17. The Balaban J connectivity index is 2.52. The minimum atomic E-state index is -0.235. The minimum absolute atomic E-state index is 0.0260. The van der Waals surface area contributed by atoms with Crippen molar-refractivity contribution >= 4 is 28.5 Å². The van der Waals surface area contributed by atoms with Gasteiger partial charge in [-0.3, -0.25) is 4.79 Å². The molecule has 0 aliphatic carbocycles. The molecule has 1 unspecified atom stereocenters. The van der Waals surface area contributed by atoms with Crippen LogP contribution in [0.1, 0.15) is 30.6 Å². The lowest BCUT2D eigenvalue weighted by Gasteiger charge is -2.10. The highest BCUT2D eigenvalue weighted by atomic mass is 35.5. The summed E-state index contributed by atoms with van der Waals surface area (Å²) in [6, 6.07) is 5.95. The van der Waals surface area contributed by atoms with Crippen LogP contribution in [0.15, 0.2) is 18.2 Å². The van der Waals surface area contributed by atoms with Gasteiger partial charge in [-0.2, -0.15) is 0 Å². The van der Waals surface area contributed by atoms with Gasteiger partial charge >= 0.3 is 0 Å². The molecule has 1 aromatic carbocycles. The summed E-state index contributed by atoms with van der Waals surface area (Å²) < 4.78 is 1.89. The Morgan fingerprint density at radius 1 is 1.53 bits per heavy atom. The van der Waals surface area contributed by atoms with Crippen LogP contribution >= 0.6 is 11.6 Å². The highest BCUT2D eigenvalue weighted by Crippen LogP contribution is 2.26. The Hall–Kier alpha value is -1.55. The fourth-order valence-corrected chi connectivity index (χ4v) is 2.34. The average molecular weight is 280 g/mol. The van der Waals surface area contributed by atoms with Gasteiger partial charge in [-0.1, -0.05) is 12.1 Å². The second-order valence-corrected chi connectivity index (χ2v) is 5.22. The molecule has 5 heteroatoms. The molecule has 1 N–H and O–H groups in total. The third kappa shape index (κ3) is 2.73. The number of halogens is 1. The predicted octanol–water partition coefficient (Wildman–Crippen LogP) is 2.78. The molecule has 0 spiro atoms. The molecule has 1 heterocycles. The maximum Gasteiger partial charge on any atom is 0.239 e. The van der Waals surface area contributed by atoms with Crippen LogP contribution in [0.25, 0.3) is 11.0 Å². The zero-order valence-electron chi connectivity index (χ0n) is 11.4. The smallest absolute Gasteiger partial charge is 0.239 e. The molecular weight excluding hydrogens is 262 g/mol. The Kier molecular flexibility index (Phi) is 4.10. The number of para-hydroxylation sites is 1. The number of fused-ring (bicyclic) bond motifs is 1. The van der Waals surface area contributed by atoms with Gasteiger partial charge in [-0.15, -0.1) is 11.6 Å². The molecule has 1 amide bonds. The lowest BCUT2D eigenvalue weighted by molar-refractivity contribution is -0.121. The van der Waals surface area contributed by atoms with Gasteiger partial charge in [0.2, 0.25) is 5.91 Å². The van der Waals surface area contributed by atoms with Crippen molar-refractivity contribution in [1.29, 1.82) is 0 Å². The van der Waals surface area contributed by atoms with Crippen LogP contribution in [-0.2, 0) is 11.3 Å². The predicted molar refractivity (Wildman–Crippen MR) is 77.4 cm³/mol. The monoisotopic (exact) mass is 279 g/mol. The molecule has 102 valence electrons. The number of hydrogen-bond acceptors (Lipinski definition) is 2. The molecule has 0 bridgehead atoms. The van der Waals surface area contributed by atoms with E-state index in [4.69, 9.17) is 11.6 Å². The van der Waals surface area contributed by atoms with Crippen LogP contribution < -0.4 is 5.32 Å². The largest absolute Gasteiger partial charge is 0.355 e. The minimum Gasteiger partial charge on any atom is -0.355 e. The number of carbonyl (C=O) groups is 1. The Bertz CT molecular complexity index is 604. The normalized spacial score (nSPS) is 12.6. The number of alkyl halides is 1. The van der Waals surface area contributed by atoms with Gasteiger partial charge < -0.3 is 9.88 Å². The number of aryl methyl sites for hydroxylation is 1. The molecule has 0 saturated carbocycles. The number of aromatic nitrogens is 2. The van der Waals surface area contributed by atoms with Crippen LogP contribution in [0.3, 0.4) is 0 Å². The second kappa shape index (κ2) is 5.61. The van der Waals surface area contributed by atoms with E-state index in [1.54, 1.807) is 0 Å². The number of benzene rings is 1. The van der Waals surface area contributed by atoms with Crippen LogP contribution in [0.5, 0.6) is 0 Å². The van der Waals surface area contributed by atoms with Crippen LogP contribution in [-0.4, -0.2) is 22.0 Å². The number of amides is 1. The van der Waals surface area contributed by atoms with E-state index < -0.39 is 0 Å². The highest BCUT2D eigenvalue weighted by molar-refractivity contribution is 6.20. The Morgan fingerprint density at radius 3 is 2.89 bits per heavy atom. The number of imidazole rings is 1. The number of nitrogens with zero attached hydrogens (tertiary/aromatic N) is 2. The molecule has 19 heavy (non-hydrogen) atoms. The average Bonchev–Trinajstić information content (AvgIpc) is 2.70. The summed E-state index contributed by atoms with van der Waals surface area (Å²) in [7, 11) is 0. The molecule has 0 aliphatic rings. The molecule has 0 radical (unpaired) electrons. The van der Waals surface area contributed by atoms with Crippen LogP contribution in [0.4, 0.5) is 0 Å². The van der Waals surface area contributed by atoms with Crippen molar-refractivity contribution in [2.75, 3.05) is 6.54 Å². The molecular formula is C14H18ClN3O. The molecule has 1 aromatic heterocycles. The molecule has 2 aromatic rings. The summed E-state index contributed by atoms with van der Waals surface area (Å²) in [6.07, 6.45) is 0. The number of nitrogens with one attached hydrogen (secondary N) is 1. The molecule has 0 fully saturated rings. The van der Waals surface area contributed by atoms with E-state index in [0.29, 0.717) is 6.54 Å². The number of hydrogen-bond donors (Lipinski definition) is 1. The van der Waals surface area contributed by atoms with Gasteiger partial charge in [0.05, 0.1) is 16.4 Å². The van der Waals surface area contributed by atoms with Gasteiger partial charge in [0.15, 0.2) is 0 Å². The van der Waals surface area contributed by atoms with E-state index in [1.807, 2.05) is 43.5 Å². The summed E-state index contributed by atoms with van der Waals surface area (Å²) >= 11 is 6.18. The summed E-state index contributed by atoms with van der Waals surface area (Å²) in [5, 5.41) is 2.56. The summed E-state index contributed by atoms with van der Waals surface area (Å²) in [4.78, 5) is 16.4. The fraction of sp³-hybridized carbons (Fsp3) is 0.429. The third-order valence-electron chi connectivity index (χ3n) is 3.04. The van der Waals surface area contributed by atoms with E-state index in [-0.39, 0.29) is 17.8 Å². The first-order valence-corrected chi connectivity index (χ1v) is 6.84. The van der Waals surface area contributed by atoms with Crippen molar-refractivity contribution in [3.63, 3.8) is 0 Å². The first-order valence-electron chi connectivity index (χ1n) is 6.41. The van der Waals surface area contributed by atoms with E-state index >= 15 is 0 Å². The zero-order chi connectivity index (χ0) is 14.0. The van der Waals surface area contributed by atoms with Crippen molar-refractivity contribution in [1.82, 2.24) is 14.9 Å². The Morgan fingerprint density at radius 2 is 2.26 bits per heavy atom. The van der Waals surface area contributed by atoms with Gasteiger partial charge in [-0.05, 0) is 32.4 Å².